The molecule has 0 fully saturated rings. The van der Waals surface area contributed by atoms with Crippen LogP contribution in [0.5, 0.6) is 0 Å². The number of nitrogens with zero attached hydrogens (tertiary/aromatic N) is 4. The Kier molecular flexibility index (Phi) is 7.84. The second kappa shape index (κ2) is 11.2. The number of thioether (sulfide) groups is 1. The monoisotopic (exact) mass is 552 g/mol. The molecule has 1 atom stereocenters. The highest BCUT2D eigenvalue weighted by atomic mass is 79.9. The van der Waals surface area contributed by atoms with Crippen molar-refractivity contribution in [1.29, 1.82) is 5.26 Å². The van der Waals surface area contributed by atoms with Gasteiger partial charge < -0.3 is 15.0 Å². The van der Waals surface area contributed by atoms with E-state index in [9.17, 15) is 14.9 Å². The second-order valence-corrected chi connectivity index (χ2v) is 9.17. The third-order valence-electron chi connectivity index (χ3n) is 5.16. The number of fused-ring (bicyclic) bond motifs is 1. The highest BCUT2D eigenvalue weighted by molar-refractivity contribution is 9.10. The fourth-order valence-electron chi connectivity index (χ4n) is 3.62. The normalized spacial score (nSPS) is 11.7. The molecule has 11 heteroatoms. The Morgan fingerprint density at radius 1 is 1.26 bits per heavy atom. The number of aromatic amines is 1. The zero-order valence-electron chi connectivity index (χ0n) is 18.7. The van der Waals surface area contributed by atoms with Crippen molar-refractivity contribution < 1.29 is 14.3 Å². The van der Waals surface area contributed by atoms with Crippen LogP contribution < -0.4 is 5.32 Å². The van der Waals surface area contributed by atoms with E-state index in [1.54, 1.807) is 25.4 Å². The van der Waals surface area contributed by atoms with E-state index < -0.39 is 12.0 Å². The first-order chi connectivity index (χ1) is 17.0. The van der Waals surface area contributed by atoms with Gasteiger partial charge in [0.1, 0.15) is 10.6 Å². The third-order valence-corrected chi connectivity index (χ3v) is 6.67. The molecule has 0 bridgehead atoms. The SMILES string of the molecule is CCOC(=O)C(Cc1c[nH]cn1)NC(=O)CSc1ncc(Br)n1-c1ccc(C#N)c2ccccc12. The predicted molar refractivity (Wildman–Crippen MR) is 135 cm³/mol. The van der Waals surface area contributed by atoms with E-state index in [1.165, 1.54) is 18.1 Å². The molecule has 1 amide bonds. The van der Waals surface area contributed by atoms with Crippen LogP contribution in [-0.2, 0) is 20.7 Å². The lowest BCUT2D eigenvalue weighted by molar-refractivity contribution is -0.147. The van der Waals surface area contributed by atoms with Crippen LogP contribution in [0.25, 0.3) is 16.5 Å². The molecular formula is C24H21BrN6O3S. The minimum Gasteiger partial charge on any atom is -0.464 e. The summed E-state index contributed by atoms with van der Waals surface area (Å²) in [5, 5.41) is 14.5. The Labute approximate surface area is 214 Å². The van der Waals surface area contributed by atoms with Gasteiger partial charge in [-0.3, -0.25) is 9.36 Å². The number of amides is 1. The van der Waals surface area contributed by atoms with E-state index in [-0.39, 0.29) is 24.7 Å². The van der Waals surface area contributed by atoms with Crippen LogP contribution in [0.4, 0.5) is 0 Å². The van der Waals surface area contributed by atoms with Gasteiger partial charge in [0.05, 0.1) is 47.9 Å². The summed E-state index contributed by atoms with van der Waals surface area (Å²) in [6.07, 6.45) is 5.06. The van der Waals surface area contributed by atoms with Gasteiger partial charge in [0.25, 0.3) is 0 Å². The van der Waals surface area contributed by atoms with Crippen LogP contribution in [0.1, 0.15) is 18.2 Å². The van der Waals surface area contributed by atoms with E-state index in [2.05, 4.69) is 42.3 Å². The van der Waals surface area contributed by atoms with Crippen molar-refractivity contribution in [2.45, 2.75) is 24.5 Å². The number of imidazole rings is 2. The Hall–Kier alpha value is -3.62. The molecule has 2 heterocycles. The summed E-state index contributed by atoms with van der Waals surface area (Å²) in [5.74, 6) is -0.810. The fraction of sp³-hybridized carbons (Fsp3) is 0.208. The number of halogens is 1. The largest absolute Gasteiger partial charge is 0.464 e. The molecule has 2 aromatic carbocycles. The summed E-state index contributed by atoms with van der Waals surface area (Å²) >= 11 is 4.78. The Morgan fingerprint density at radius 3 is 2.77 bits per heavy atom. The Morgan fingerprint density at radius 2 is 2.06 bits per heavy atom. The van der Waals surface area contributed by atoms with Gasteiger partial charge in [0, 0.05) is 23.4 Å². The average Bonchev–Trinajstić information content (AvgIpc) is 3.51. The Bertz CT molecular complexity index is 1400. The molecule has 0 aliphatic carbocycles. The number of nitriles is 1. The van der Waals surface area contributed by atoms with Crippen LogP contribution in [0.2, 0.25) is 0 Å². The van der Waals surface area contributed by atoms with Crippen molar-refractivity contribution in [3.8, 4) is 11.8 Å². The quantitative estimate of drug-likeness (QED) is 0.239. The molecule has 35 heavy (non-hydrogen) atoms. The van der Waals surface area contributed by atoms with Gasteiger partial charge in [-0.2, -0.15) is 5.26 Å². The number of esters is 1. The maximum Gasteiger partial charge on any atom is 0.329 e. The molecule has 0 aliphatic heterocycles. The molecular weight excluding hydrogens is 532 g/mol. The lowest BCUT2D eigenvalue weighted by Gasteiger charge is -2.16. The smallest absolute Gasteiger partial charge is 0.329 e. The number of hydrogen-bond donors (Lipinski definition) is 2. The molecule has 178 valence electrons. The topological polar surface area (TPSA) is 126 Å². The standard InChI is InChI=1S/C24H21BrN6O3S/c1-2-34-23(33)19(9-16-11-27-14-29-16)30-22(32)13-35-24-28-12-21(25)31(24)20-8-7-15(10-26)17-5-3-4-6-18(17)20/h3-8,11-12,14,19H,2,9,13H2,1H3,(H,27,29)(H,30,32). The number of aromatic nitrogens is 4. The van der Waals surface area contributed by atoms with Crippen molar-refractivity contribution >= 4 is 50.3 Å². The first-order valence-electron chi connectivity index (χ1n) is 10.7. The van der Waals surface area contributed by atoms with Crippen molar-refractivity contribution in [2.75, 3.05) is 12.4 Å². The van der Waals surface area contributed by atoms with Crippen LogP contribution >= 0.6 is 27.7 Å². The summed E-state index contributed by atoms with van der Waals surface area (Å²) in [4.78, 5) is 36.5. The maximum atomic E-state index is 12.8. The summed E-state index contributed by atoms with van der Waals surface area (Å²) in [6.45, 7) is 1.93. The highest BCUT2D eigenvalue weighted by Crippen LogP contribution is 2.32. The average molecular weight is 553 g/mol. The van der Waals surface area contributed by atoms with E-state index in [0.29, 0.717) is 21.0 Å². The molecule has 0 saturated carbocycles. The molecule has 0 aliphatic rings. The molecule has 2 aromatic heterocycles. The predicted octanol–water partition coefficient (Wildman–Crippen LogP) is 3.77. The molecule has 1 unspecified atom stereocenters. The number of rotatable bonds is 9. The van der Waals surface area contributed by atoms with Gasteiger partial charge in [0.15, 0.2) is 5.16 Å². The van der Waals surface area contributed by atoms with Gasteiger partial charge >= 0.3 is 5.97 Å². The minimum atomic E-state index is -0.847. The number of nitrogens with one attached hydrogen (secondary N) is 2. The maximum absolute atomic E-state index is 12.8. The Balaban J connectivity index is 1.53. The summed E-state index contributed by atoms with van der Waals surface area (Å²) in [6, 6.07) is 12.6. The van der Waals surface area contributed by atoms with Gasteiger partial charge in [-0.1, -0.05) is 36.0 Å². The number of H-pyrrole nitrogens is 1. The fourth-order valence-corrected chi connectivity index (χ4v) is 5.00. The van der Waals surface area contributed by atoms with E-state index in [4.69, 9.17) is 4.74 Å². The van der Waals surface area contributed by atoms with E-state index in [1.807, 2.05) is 34.9 Å². The first kappa shape index (κ1) is 24.5. The van der Waals surface area contributed by atoms with Crippen molar-refractivity contribution in [3.63, 3.8) is 0 Å². The molecule has 9 nitrogen and oxygen atoms in total. The zero-order valence-corrected chi connectivity index (χ0v) is 21.1. The van der Waals surface area contributed by atoms with Crippen molar-refractivity contribution in [2.24, 2.45) is 0 Å². The molecule has 2 N–H and O–H groups in total. The third kappa shape index (κ3) is 5.55. The minimum absolute atomic E-state index is 0.0358. The first-order valence-corrected chi connectivity index (χ1v) is 12.5. The summed E-state index contributed by atoms with van der Waals surface area (Å²) in [7, 11) is 0. The second-order valence-electron chi connectivity index (χ2n) is 7.41. The molecule has 4 aromatic rings. The number of hydrogen-bond acceptors (Lipinski definition) is 7. The zero-order chi connectivity index (χ0) is 24.8. The molecule has 0 spiro atoms. The van der Waals surface area contributed by atoms with Crippen LogP contribution in [0, 0.1) is 11.3 Å². The van der Waals surface area contributed by atoms with E-state index in [0.717, 1.165) is 16.5 Å². The molecule has 4 rings (SSSR count). The molecule has 0 radical (unpaired) electrons. The number of ether oxygens (including phenoxy) is 1. The van der Waals surface area contributed by atoms with Crippen LogP contribution in [-0.4, -0.2) is 49.8 Å². The lowest BCUT2D eigenvalue weighted by atomic mass is 10.0. The van der Waals surface area contributed by atoms with Gasteiger partial charge in [-0.05, 0) is 35.0 Å². The van der Waals surface area contributed by atoms with Gasteiger partial charge in [-0.15, -0.1) is 0 Å². The lowest BCUT2D eigenvalue weighted by Crippen LogP contribution is -2.44. The van der Waals surface area contributed by atoms with Crippen molar-refractivity contribution in [1.82, 2.24) is 24.8 Å². The number of benzene rings is 2. The highest BCUT2D eigenvalue weighted by Gasteiger charge is 2.24. The van der Waals surface area contributed by atoms with Crippen molar-refractivity contribution in [3.05, 3.63) is 71.0 Å². The van der Waals surface area contributed by atoms with Gasteiger partial charge in [-0.25, -0.2) is 14.8 Å². The number of carbonyl (C=O) groups is 2. The summed E-state index contributed by atoms with van der Waals surface area (Å²) in [5.41, 5.74) is 2.05. The molecule has 0 saturated heterocycles. The van der Waals surface area contributed by atoms with E-state index >= 15 is 0 Å². The summed E-state index contributed by atoms with van der Waals surface area (Å²) < 4.78 is 7.70. The number of carbonyl (C=O) groups excluding carboxylic acids is 2. The van der Waals surface area contributed by atoms with Crippen LogP contribution in [0.3, 0.4) is 0 Å². The van der Waals surface area contributed by atoms with Gasteiger partial charge in [0.2, 0.25) is 5.91 Å². The van der Waals surface area contributed by atoms with Crippen LogP contribution in [0.15, 0.2) is 64.9 Å².